The van der Waals surface area contributed by atoms with E-state index in [0.29, 0.717) is 12.1 Å². The van der Waals surface area contributed by atoms with Crippen LogP contribution < -0.4 is 10.5 Å². The third-order valence-electron chi connectivity index (χ3n) is 5.69. The third-order valence-corrected chi connectivity index (χ3v) is 5.69. The Morgan fingerprint density at radius 2 is 1.86 bits per heavy atom. The largest absolute Gasteiger partial charge is 0.489 e. The van der Waals surface area contributed by atoms with Crippen LogP contribution in [0.1, 0.15) is 64.0 Å². The maximum Gasteiger partial charge on any atom is 0.122 e. The van der Waals surface area contributed by atoms with Crippen LogP contribution in [0.15, 0.2) is 18.2 Å². The van der Waals surface area contributed by atoms with Crippen molar-refractivity contribution in [1.82, 2.24) is 0 Å². The van der Waals surface area contributed by atoms with E-state index in [-0.39, 0.29) is 10.8 Å². The van der Waals surface area contributed by atoms with Gasteiger partial charge in [0.2, 0.25) is 0 Å². The van der Waals surface area contributed by atoms with E-state index in [2.05, 4.69) is 45.9 Å². The first-order valence-corrected chi connectivity index (χ1v) is 8.36. The van der Waals surface area contributed by atoms with Crippen molar-refractivity contribution >= 4 is 0 Å². The monoisotopic (exact) mass is 287 g/mol. The second-order valence-electron chi connectivity index (χ2n) is 8.12. The number of hydrogen-bond donors (Lipinski definition) is 1. The van der Waals surface area contributed by atoms with Crippen molar-refractivity contribution in [2.45, 2.75) is 77.4 Å². The molecule has 2 aliphatic rings. The zero-order chi connectivity index (χ0) is 15.3. The van der Waals surface area contributed by atoms with Crippen LogP contribution in [0.5, 0.6) is 5.75 Å². The van der Waals surface area contributed by atoms with Gasteiger partial charge < -0.3 is 10.5 Å². The number of benzene rings is 1. The van der Waals surface area contributed by atoms with E-state index in [1.54, 1.807) is 0 Å². The third kappa shape index (κ3) is 2.48. The molecule has 2 N–H and O–H groups in total. The molecule has 1 spiro atoms. The zero-order valence-electron chi connectivity index (χ0n) is 13.9. The molecule has 1 aromatic rings. The van der Waals surface area contributed by atoms with Gasteiger partial charge in [-0.15, -0.1) is 0 Å². The summed E-state index contributed by atoms with van der Waals surface area (Å²) in [6, 6.07) is 6.99. The van der Waals surface area contributed by atoms with E-state index in [1.807, 2.05) is 0 Å². The fourth-order valence-electron chi connectivity index (χ4n) is 4.07. The van der Waals surface area contributed by atoms with Gasteiger partial charge in [-0.2, -0.15) is 0 Å². The number of nitrogens with two attached hydrogens (primary N) is 1. The standard InChI is InChI=1S/C19H29NO/c1-13-11-14(18(2,3)4)7-8-15(13)21-17-12-16(20)19(17)9-5-6-10-19/h7-8,11,16-17H,5-6,9-10,12,20H2,1-4H3. The fourth-order valence-corrected chi connectivity index (χ4v) is 4.07. The molecule has 0 saturated heterocycles. The molecule has 2 fully saturated rings. The molecule has 21 heavy (non-hydrogen) atoms. The lowest BCUT2D eigenvalue weighted by Crippen LogP contribution is -2.62. The van der Waals surface area contributed by atoms with Gasteiger partial charge in [0.1, 0.15) is 11.9 Å². The molecule has 2 atom stereocenters. The van der Waals surface area contributed by atoms with Crippen LogP contribution in [0.2, 0.25) is 0 Å². The van der Waals surface area contributed by atoms with Gasteiger partial charge in [-0.1, -0.05) is 45.7 Å². The molecule has 0 radical (unpaired) electrons. The molecule has 0 aliphatic heterocycles. The average molecular weight is 287 g/mol. The smallest absolute Gasteiger partial charge is 0.122 e. The van der Waals surface area contributed by atoms with Crippen LogP contribution in [0.25, 0.3) is 0 Å². The molecule has 0 heterocycles. The molecule has 2 heteroatoms. The van der Waals surface area contributed by atoms with Gasteiger partial charge in [-0.25, -0.2) is 0 Å². The fraction of sp³-hybridized carbons (Fsp3) is 0.684. The van der Waals surface area contributed by atoms with E-state index in [9.17, 15) is 0 Å². The lowest BCUT2D eigenvalue weighted by atomic mass is 9.61. The first-order chi connectivity index (χ1) is 9.83. The van der Waals surface area contributed by atoms with Crippen LogP contribution >= 0.6 is 0 Å². The van der Waals surface area contributed by atoms with Crippen molar-refractivity contribution in [1.29, 1.82) is 0 Å². The summed E-state index contributed by atoms with van der Waals surface area (Å²) in [5, 5.41) is 0. The molecule has 116 valence electrons. The summed E-state index contributed by atoms with van der Waals surface area (Å²) in [7, 11) is 0. The average Bonchev–Trinajstić information content (AvgIpc) is 2.91. The number of hydrogen-bond acceptors (Lipinski definition) is 2. The zero-order valence-corrected chi connectivity index (χ0v) is 13.9. The highest BCUT2D eigenvalue weighted by molar-refractivity contribution is 5.39. The van der Waals surface area contributed by atoms with Crippen LogP contribution in [0, 0.1) is 12.3 Å². The lowest BCUT2D eigenvalue weighted by Gasteiger charge is -2.52. The first-order valence-electron chi connectivity index (χ1n) is 8.36. The lowest BCUT2D eigenvalue weighted by molar-refractivity contribution is -0.0623. The summed E-state index contributed by atoms with van der Waals surface area (Å²) in [5.74, 6) is 1.05. The minimum atomic E-state index is 0.189. The van der Waals surface area contributed by atoms with Gasteiger partial charge in [0.15, 0.2) is 0 Å². The van der Waals surface area contributed by atoms with E-state index in [0.717, 1.165) is 12.2 Å². The molecule has 2 saturated carbocycles. The molecule has 0 aromatic heterocycles. The van der Waals surface area contributed by atoms with Gasteiger partial charge in [0.25, 0.3) is 0 Å². The molecular weight excluding hydrogens is 258 g/mol. The van der Waals surface area contributed by atoms with E-state index in [1.165, 1.54) is 36.8 Å². The number of rotatable bonds is 2. The maximum atomic E-state index is 6.38. The quantitative estimate of drug-likeness (QED) is 0.878. The Labute approximate surface area is 129 Å². The van der Waals surface area contributed by atoms with Gasteiger partial charge in [0, 0.05) is 17.9 Å². The van der Waals surface area contributed by atoms with Crippen LogP contribution in [0.3, 0.4) is 0 Å². The van der Waals surface area contributed by atoms with Crippen LogP contribution in [0.4, 0.5) is 0 Å². The summed E-state index contributed by atoms with van der Waals surface area (Å²) in [4.78, 5) is 0. The second kappa shape index (κ2) is 5.01. The Hall–Kier alpha value is -1.02. The van der Waals surface area contributed by atoms with Crippen molar-refractivity contribution in [3.05, 3.63) is 29.3 Å². The molecular formula is C19H29NO. The van der Waals surface area contributed by atoms with Crippen molar-refractivity contribution in [3.63, 3.8) is 0 Å². The highest BCUT2D eigenvalue weighted by Crippen LogP contribution is 2.54. The molecule has 1 aromatic carbocycles. The summed E-state index contributed by atoms with van der Waals surface area (Å²) in [5.41, 5.74) is 9.38. The van der Waals surface area contributed by atoms with Gasteiger partial charge in [0.05, 0.1) is 0 Å². The number of ether oxygens (including phenoxy) is 1. The maximum absolute atomic E-state index is 6.38. The van der Waals surface area contributed by atoms with Crippen LogP contribution in [-0.4, -0.2) is 12.1 Å². The minimum absolute atomic E-state index is 0.189. The van der Waals surface area contributed by atoms with Crippen LogP contribution in [-0.2, 0) is 5.41 Å². The van der Waals surface area contributed by atoms with E-state index in [4.69, 9.17) is 10.5 Å². The highest BCUT2D eigenvalue weighted by atomic mass is 16.5. The van der Waals surface area contributed by atoms with Crippen molar-refractivity contribution in [3.8, 4) is 5.75 Å². The summed E-state index contributed by atoms with van der Waals surface area (Å²) in [6.45, 7) is 8.91. The van der Waals surface area contributed by atoms with Gasteiger partial charge >= 0.3 is 0 Å². The summed E-state index contributed by atoms with van der Waals surface area (Å²) < 4.78 is 6.38. The highest BCUT2D eigenvalue weighted by Gasteiger charge is 2.56. The van der Waals surface area contributed by atoms with Gasteiger partial charge in [-0.3, -0.25) is 0 Å². The van der Waals surface area contributed by atoms with Gasteiger partial charge in [-0.05, 0) is 42.4 Å². The molecule has 2 aliphatic carbocycles. The summed E-state index contributed by atoms with van der Waals surface area (Å²) >= 11 is 0. The molecule has 0 bridgehead atoms. The topological polar surface area (TPSA) is 35.2 Å². The first kappa shape index (κ1) is 14.9. The van der Waals surface area contributed by atoms with Crippen molar-refractivity contribution in [2.24, 2.45) is 11.1 Å². The van der Waals surface area contributed by atoms with Crippen molar-refractivity contribution < 1.29 is 4.74 Å². The second-order valence-corrected chi connectivity index (χ2v) is 8.12. The Bertz CT molecular complexity index is 523. The van der Waals surface area contributed by atoms with Crippen molar-refractivity contribution in [2.75, 3.05) is 0 Å². The predicted octanol–water partition coefficient (Wildman–Crippen LogP) is 4.33. The number of aryl methyl sites for hydroxylation is 1. The Morgan fingerprint density at radius 3 is 2.38 bits per heavy atom. The minimum Gasteiger partial charge on any atom is -0.489 e. The molecule has 2 nitrogen and oxygen atoms in total. The Kier molecular flexibility index (Phi) is 3.56. The molecule has 0 amide bonds. The summed E-state index contributed by atoms with van der Waals surface area (Å²) in [6.07, 6.45) is 6.47. The van der Waals surface area contributed by atoms with E-state index >= 15 is 0 Å². The van der Waals surface area contributed by atoms with E-state index < -0.39 is 0 Å². The molecule has 3 rings (SSSR count). The molecule has 2 unspecified atom stereocenters. The SMILES string of the molecule is Cc1cc(C(C)(C)C)ccc1OC1CC(N)C12CCCC2. The Morgan fingerprint density at radius 1 is 1.19 bits per heavy atom. The normalized spacial score (nSPS) is 27.7. The Balaban J connectivity index is 1.77. The predicted molar refractivity (Wildman–Crippen MR) is 87.8 cm³/mol.